The minimum atomic E-state index is -0.289. The van der Waals surface area contributed by atoms with Gasteiger partial charge in [-0.15, -0.1) is 0 Å². The van der Waals surface area contributed by atoms with Crippen LogP contribution in [0.4, 0.5) is 5.82 Å². The highest BCUT2D eigenvalue weighted by Crippen LogP contribution is 2.15. The van der Waals surface area contributed by atoms with Gasteiger partial charge in [-0.2, -0.15) is 10.2 Å². The number of nitrogens with two attached hydrogens (primary N) is 1. The second-order valence-corrected chi connectivity index (χ2v) is 4.20. The Bertz CT molecular complexity index is 614. The lowest BCUT2D eigenvalue weighted by Gasteiger charge is -2.07. The van der Waals surface area contributed by atoms with Gasteiger partial charge in [-0.05, 0) is 6.92 Å². The Morgan fingerprint density at radius 3 is 2.78 bits per heavy atom. The Labute approximate surface area is 108 Å². The van der Waals surface area contributed by atoms with E-state index < -0.39 is 0 Å². The predicted molar refractivity (Wildman–Crippen MR) is 70.4 cm³/mol. The van der Waals surface area contributed by atoms with Gasteiger partial charge < -0.3 is 11.1 Å². The van der Waals surface area contributed by atoms with Crippen molar-refractivity contribution in [2.75, 3.05) is 5.32 Å². The van der Waals surface area contributed by atoms with E-state index in [1.165, 1.54) is 17.1 Å². The lowest BCUT2D eigenvalue weighted by Crippen LogP contribution is -2.19. The molecule has 4 N–H and O–H groups in total. The standard InChI is InChI=1S/C10H12N6OS/c1-5-6(3-12-15-5)10(17)14-9-7(8(11)18)4-13-16(9)2/h3-4H,1-2H3,(H2,11,18)(H,12,15)(H,14,17). The third-order valence-corrected chi connectivity index (χ3v) is 2.73. The van der Waals surface area contributed by atoms with Crippen molar-refractivity contribution in [3.63, 3.8) is 0 Å². The lowest BCUT2D eigenvalue weighted by molar-refractivity contribution is 0.102. The van der Waals surface area contributed by atoms with Crippen molar-refractivity contribution in [1.29, 1.82) is 0 Å². The van der Waals surface area contributed by atoms with Gasteiger partial charge in [0.25, 0.3) is 5.91 Å². The van der Waals surface area contributed by atoms with Crippen LogP contribution in [0.25, 0.3) is 0 Å². The summed E-state index contributed by atoms with van der Waals surface area (Å²) in [6.07, 6.45) is 2.97. The molecule has 0 aliphatic carbocycles. The topological polar surface area (TPSA) is 102 Å². The molecule has 0 fully saturated rings. The van der Waals surface area contributed by atoms with Crippen LogP contribution in [0.5, 0.6) is 0 Å². The average molecular weight is 264 g/mol. The summed E-state index contributed by atoms with van der Waals surface area (Å²) in [5, 5.41) is 13.2. The highest BCUT2D eigenvalue weighted by atomic mass is 32.1. The molecule has 0 aliphatic heterocycles. The maximum atomic E-state index is 12.0. The van der Waals surface area contributed by atoms with Gasteiger partial charge in [0.05, 0.1) is 23.5 Å². The quantitative estimate of drug-likeness (QED) is 0.694. The molecule has 1 amide bonds. The van der Waals surface area contributed by atoms with Gasteiger partial charge >= 0.3 is 0 Å². The molecule has 94 valence electrons. The summed E-state index contributed by atoms with van der Waals surface area (Å²) >= 11 is 4.90. The zero-order valence-electron chi connectivity index (χ0n) is 9.89. The number of nitrogens with zero attached hydrogens (tertiary/aromatic N) is 3. The predicted octanol–water partition coefficient (Wildman–Crippen LogP) is 0.338. The van der Waals surface area contributed by atoms with E-state index in [4.69, 9.17) is 18.0 Å². The van der Waals surface area contributed by atoms with Crippen molar-refractivity contribution in [3.05, 3.63) is 29.2 Å². The van der Waals surface area contributed by atoms with E-state index in [9.17, 15) is 4.79 Å². The maximum absolute atomic E-state index is 12.0. The van der Waals surface area contributed by atoms with Gasteiger partial charge in [-0.3, -0.25) is 14.6 Å². The minimum absolute atomic E-state index is 0.183. The summed E-state index contributed by atoms with van der Waals surface area (Å²) < 4.78 is 1.50. The van der Waals surface area contributed by atoms with Gasteiger partial charge in [-0.25, -0.2) is 0 Å². The molecule has 0 radical (unpaired) electrons. The molecular weight excluding hydrogens is 252 g/mol. The number of hydrogen-bond donors (Lipinski definition) is 3. The van der Waals surface area contributed by atoms with Crippen molar-refractivity contribution in [3.8, 4) is 0 Å². The van der Waals surface area contributed by atoms with Crippen LogP contribution < -0.4 is 11.1 Å². The van der Waals surface area contributed by atoms with E-state index in [0.29, 0.717) is 22.6 Å². The number of carbonyl (C=O) groups excluding carboxylic acids is 1. The summed E-state index contributed by atoms with van der Waals surface area (Å²) in [5.74, 6) is 0.176. The second kappa shape index (κ2) is 4.57. The van der Waals surface area contributed by atoms with Gasteiger partial charge in [0.2, 0.25) is 0 Å². The van der Waals surface area contributed by atoms with E-state index in [1.54, 1.807) is 14.0 Å². The molecule has 7 nitrogen and oxygen atoms in total. The number of nitrogens with one attached hydrogen (secondary N) is 2. The van der Waals surface area contributed by atoms with Crippen molar-refractivity contribution >= 4 is 28.9 Å². The molecular formula is C10H12N6OS. The van der Waals surface area contributed by atoms with E-state index >= 15 is 0 Å². The van der Waals surface area contributed by atoms with E-state index in [1.807, 2.05) is 0 Å². The van der Waals surface area contributed by atoms with Crippen LogP contribution in [0.2, 0.25) is 0 Å². The van der Waals surface area contributed by atoms with Crippen LogP contribution in [0.1, 0.15) is 21.6 Å². The first-order valence-corrected chi connectivity index (χ1v) is 5.54. The second-order valence-electron chi connectivity index (χ2n) is 3.76. The van der Waals surface area contributed by atoms with E-state index in [2.05, 4.69) is 20.6 Å². The van der Waals surface area contributed by atoms with Gasteiger partial charge in [-0.1, -0.05) is 12.2 Å². The number of hydrogen-bond acceptors (Lipinski definition) is 4. The summed E-state index contributed by atoms with van der Waals surface area (Å²) in [7, 11) is 1.69. The molecule has 0 aliphatic rings. The van der Waals surface area contributed by atoms with Crippen LogP contribution in [-0.2, 0) is 7.05 Å². The number of thiocarbonyl (C=S) groups is 1. The highest BCUT2D eigenvalue weighted by molar-refractivity contribution is 7.80. The van der Waals surface area contributed by atoms with Crippen molar-refractivity contribution in [1.82, 2.24) is 20.0 Å². The molecule has 0 atom stereocenters. The molecule has 2 aromatic heterocycles. The number of carbonyl (C=O) groups is 1. The molecule has 2 rings (SSSR count). The number of rotatable bonds is 3. The Balaban J connectivity index is 2.30. The van der Waals surface area contributed by atoms with E-state index in [0.717, 1.165) is 0 Å². The highest BCUT2D eigenvalue weighted by Gasteiger charge is 2.16. The van der Waals surface area contributed by atoms with E-state index in [-0.39, 0.29) is 10.9 Å². The molecule has 0 saturated heterocycles. The molecule has 0 aromatic carbocycles. The summed E-state index contributed by atoms with van der Waals surface area (Å²) in [5.41, 5.74) is 7.24. The number of anilines is 1. The summed E-state index contributed by atoms with van der Waals surface area (Å²) in [6.45, 7) is 1.76. The first-order chi connectivity index (χ1) is 8.50. The maximum Gasteiger partial charge on any atom is 0.260 e. The molecule has 18 heavy (non-hydrogen) atoms. The third kappa shape index (κ3) is 2.09. The number of aromatic amines is 1. The van der Waals surface area contributed by atoms with Gasteiger partial charge in [0, 0.05) is 12.7 Å². The van der Waals surface area contributed by atoms with Crippen LogP contribution in [0.15, 0.2) is 12.4 Å². The Morgan fingerprint density at radius 2 is 2.22 bits per heavy atom. The van der Waals surface area contributed by atoms with Crippen molar-refractivity contribution in [2.24, 2.45) is 12.8 Å². The van der Waals surface area contributed by atoms with Crippen LogP contribution in [-0.4, -0.2) is 30.9 Å². The van der Waals surface area contributed by atoms with Gasteiger partial charge in [0.15, 0.2) is 0 Å². The smallest absolute Gasteiger partial charge is 0.260 e. The molecule has 2 aromatic rings. The number of amides is 1. The molecule has 0 unspecified atom stereocenters. The fraction of sp³-hybridized carbons (Fsp3) is 0.200. The number of aryl methyl sites for hydroxylation is 2. The average Bonchev–Trinajstić information content (AvgIpc) is 2.86. The number of aromatic nitrogens is 4. The van der Waals surface area contributed by atoms with Crippen molar-refractivity contribution < 1.29 is 4.79 Å². The Hall–Kier alpha value is -2.22. The molecule has 8 heteroatoms. The minimum Gasteiger partial charge on any atom is -0.389 e. The zero-order valence-corrected chi connectivity index (χ0v) is 10.7. The fourth-order valence-electron chi connectivity index (χ4n) is 1.52. The summed E-state index contributed by atoms with van der Waals surface area (Å²) in [4.78, 5) is 12.2. The van der Waals surface area contributed by atoms with Gasteiger partial charge in [0.1, 0.15) is 10.8 Å². The normalized spacial score (nSPS) is 10.3. The van der Waals surface area contributed by atoms with Crippen LogP contribution in [0.3, 0.4) is 0 Å². The molecule has 0 spiro atoms. The Kier molecular flexibility index (Phi) is 3.11. The molecule has 0 saturated carbocycles. The zero-order chi connectivity index (χ0) is 13.3. The summed E-state index contributed by atoms with van der Waals surface area (Å²) in [6, 6.07) is 0. The Morgan fingerprint density at radius 1 is 1.50 bits per heavy atom. The fourth-order valence-corrected chi connectivity index (χ4v) is 1.67. The SMILES string of the molecule is Cc1[nH]ncc1C(=O)Nc1c(C(N)=S)cnn1C. The van der Waals surface area contributed by atoms with Crippen LogP contribution >= 0.6 is 12.2 Å². The van der Waals surface area contributed by atoms with Crippen LogP contribution in [0, 0.1) is 6.92 Å². The first kappa shape index (κ1) is 12.2. The lowest BCUT2D eigenvalue weighted by atomic mass is 10.2. The first-order valence-electron chi connectivity index (χ1n) is 5.14. The molecule has 0 bridgehead atoms. The monoisotopic (exact) mass is 264 g/mol. The third-order valence-electron chi connectivity index (χ3n) is 2.51. The molecule has 2 heterocycles. The van der Waals surface area contributed by atoms with Crippen molar-refractivity contribution in [2.45, 2.75) is 6.92 Å². The largest absolute Gasteiger partial charge is 0.389 e. The number of H-pyrrole nitrogens is 1.